The van der Waals surface area contributed by atoms with Crippen molar-refractivity contribution in [2.24, 2.45) is 0 Å². The predicted molar refractivity (Wildman–Crippen MR) is 140 cm³/mol. The van der Waals surface area contributed by atoms with E-state index in [1.807, 2.05) is 0 Å². The molecule has 40 heavy (non-hydrogen) atoms. The van der Waals surface area contributed by atoms with Crippen molar-refractivity contribution < 1.29 is 40.6 Å². The van der Waals surface area contributed by atoms with Gasteiger partial charge in [0, 0.05) is 36.9 Å². The molecule has 0 N–H and O–H groups in total. The number of pyridine rings is 1. The summed E-state index contributed by atoms with van der Waals surface area (Å²) in [4.78, 5) is 16.4. The SMILES string of the molecule is COCN(c1ccc(F)cn1)S(=O)(=O)c1c(F)cc(OCOC(=O)N2CCCCC2)c(F)c1-c1ccc(Cl)cc1. The van der Waals surface area contributed by atoms with Crippen LogP contribution in [0.15, 0.2) is 53.6 Å². The third kappa shape index (κ3) is 6.43. The highest BCUT2D eigenvalue weighted by Crippen LogP contribution is 2.39. The molecule has 1 aliphatic rings. The zero-order valence-electron chi connectivity index (χ0n) is 21.3. The maximum absolute atomic E-state index is 16.0. The first-order valence-electron chi connectivity index (χ1n) is 12.1. The largest absolute Gasteiger partial charge is 0.454 e. The van der Waals surface area contributed by atoms with E-state index in [9.17, 15) is 17.6 Å². The lowest BCUT2D eigenvalue weighted by atomic mass is 10.0. The van der Waals surface area contributed by atoms with Crippen LogP contribution in [0.3, 0.4) is 0 Å². The summed E-state index contributed by atoms with van der Waals surface area (Å²) in [7, 11) is -3.72. The number of carbonyl (C=O) groups is 1. The van der Waals surface area contributed by atoms with E-state index in [-0.39, 0.29) is 16.4 Å². The number of benzene rings is 2. The molecule has 3 aromatic rings. The lowest BCUT2D eigenvalue weighted by molar-refractivity contribution is 0.0298. The fourth-order valence-electron chi connectivity index (χ4n) is 4.13. The van der Waals surface area contributed by atoms with E-state index in [0.29, 0.717) is 23.5 Å². The standard InChI is InChI=1S/C26H25ClF3N3O6S/c1-37-15-33(22-10-9-19(28)14-31-22)40(35,36)25-20(29)13-21(24(30)23(25)17-5-7-18(27)8-6-17)38-16-39-26(34)32-11-3-2-4-12-32/h5-10,13-14H,2-4,11-12,15-16H2,1H3. The quantitative estimate of drug-likeness (QED) is 0.296. The van der Waals surface area contributed by atoms with Crippen LogP contribution in [-0.4, -0.2) is 58.1 Å². The highest BCUT2D eigenvalue weighted by molar-refractivity contribution is 7.93. The second-order valence-corrected chi connectivity index (χ2v) is 10.9. The first-order chi connectivity index (χ1) is 19.1. The summed E-state index contributed by atoms with van der Waals surface area (Å²) < 4.78 is 88.5. The van der Waals surface area contributed by atoms with Crippen LogP contribution < -0.4 is 9.04 Å². The van der Waals surface area contributed by atoms with E-state index in [4.69, 9.17) is 25.8 Å². The molecule has 0 bridgehead atoms. The summed E-state index contributed by atoms with van der Waals surface area (Å²) in [5.74, 6) is -4.33. The fourth-order valence-corrected chi connectivity index (χ4v) is 5.85. The molecule has 0 aliphatic carbocycles. The number of ether oxygens (including phenoxy) is 3. The van der Waals surface area contributed by atoms with Crippen LogP contribution >= 0.6 is 11.6 Å². The summed E-state index contributed by atoms with van der Waals surface area (Å²) in [6, 6.07) is 7.89. The van der Waals surface area contributed by atoms with Gasteiger partial charge < -0.3 is 19.1 Å². The van der Waals surface area contributed by atoms with E-state index in [1.54, 1.807) is 0 Å². The number of likely N-dealkylation sites (tertiary alicyclic amines) is 1. The Morgan fingerprint density at radius 2 is 1.77 bits per heavy atom. The number of methoxy groups -OCH3 is 1. The van der Waals surface area contributed by atoms with Gasteiger partial charge in [-0.3, -0.25) is 0 Å². The monoisotopic (exact) mass is 599 g/mol. The van der Waals surface area contributed by atoms with Gasteiger partial charge in [0.1, 0.15) is 29.1 Å². The van der Waals surface area contributed by atoms with E-state index in [1.165, 1.54) is 36.3 Å². The first kappa shape index (κ1) is 29.4. The minimum atomic E-state index is -4.91. The molecular formula is C26H25ClF3N3O6S. The van der Waals surface area contributed by atoms with E-state index in [0.717, 1.165) is 37.6 Å². The summed E-state index contributed by atoms with van der Waals surface area (Å²) >= 11 is 5.95. The molecule has 1 aliphatic heterocycles. The molecule has 1 saturated heterocycles. The average molecular weight is 600 g/mol. The zero-order chi connectivity index (χ0) is 28.9. The Hall–Kier alpha value is -3.55. The molecule has 2 heterocycles. The van der Waals surface area contributed by atoms with Crippen molar-refractivity contribution in [2.75, 3.05) is 38.0 Å². The van der Waals surface area contributed by atoms with Gasteiger partial charge in [-0.05, 0) is 49.1 Å². The highest BCUT2D eigenvalue weighted by Gasteiger charge is 2.35. The zero-order valence-corrected chi connectivity index (χ0v) is 22.9. The lowest BCUT2D eigenvalue weighted by Gasteiger charge is -2.26. The van der Waals surface area contributed by atoms with Crippen LogP contribution in [0.5, 0.6) is 5.75 Å². The summed E-state index contributed by atoms with van der Waals surface area (Å²) in [5, 5.41) is 0.266. The number of amides is 1. The number of carbonyl (C=O) groups excluding carboxylic acids is 1. The Balaban J connectivity index is 1.75. The van der Waals surface area contributed by atoms with Crippen molar-refractivity contribution in [2.45, 2.75) is 24.2 Å². The topological polar surface area (TPSA) is 98.3 Å². The molecule has 0 spiro atoms. The van der Waals surface area contributed by atoms with Crippen LogP contribution in [0.1, 0.15) is 19.3 Å². The van der Waals surface area contributed by atoms with E-state index in [2.05, 4.69) is 4.98 Å². The summed E-state index contributed by atoms with van der Waals surface area (Å²) in [6.07, 6.45) is 2.74. The van der Waals surface area contributed by atoms with Crippen molar-refractivity contribution in [3.8, 4) is 16.9 Å². The van der Waals surface area contributed by atoms with E-state index < -0.39 is 63.3 Å². The molecule has 1 aromatic heterocycles. The lowest BCUT2D eigenvalue weighted by Crippen LogP contribution is -2.36. The minimum absolute atomic E-state index is 0.0421. The Bertz CT molecular complexity index is 1450. The van der Waals surface area contributed by atoms with Gasteiger partial charge in [0.05, 0.1) is 6.20 Å². The molecule has 0 saturated carbocycles. The van der Waals surface area contributed by atoms with Crippen molar-refractivity contribution in [1.29, 1.82) is 0 Å². The second-order valence-electron chi connectivity index (χ2n) is 8.71. The number of hydrogen-bond donors (Lipinski definition) is 0. The molecule has 0 radical (unpaired) electrons. The highest BCUT2D eigenvalue weighted by atomic mass is 35.5. The van der Waals surface area contributed by atoms with Gasteiger partial charge in [0.2, 0.25) is 6.79 Å². The van der Waals surface area contributed by atoms with Crippen LogP contribution in [0.25, 0.3) is 11.1 Å². The van der Waals surface area contributed by atoms with Gasteiger partial charge >= 0.3 is 6.09 Å². The normalized spacial score (nSPS) is 13.7. The van der Waals surface area contributed by atoms with Gasteiger partial charge in [-0.25, -0.2) is 35.7 Å². The molecule has 2 aromatic carbocycles. The predicted octanol–water partition coefficient (Wildman–Crippen LogP) is 5.58. The molecule has 0 unspecified atom stereocenters. The number of anilines is 1. The molecule has 1 amide bonds. The molecule has 1 fully saturated rings. The number of piperidine rings is 1. The van der Waals surface area contributed by atoms with Crippen molar-refractivity contribution in [3.63, 3.8) is 0 Å². The average Bonchev–Trinajstić information content (AvgIpc) is 2.94. The third-order valence-electron chi connectivity index (χ3n) is 6.04. The number of halogens is 4. The maximum Gasteiger partial charge on any atom is 0.412 e. The smallest absolute Gasteiger partial charge is 0.412 e. The Morgan fingerprint density at radius 3 is 2.40 bits per heavy atom. The molecule has 4 rings (SSSR count). The molecular weight excluding hydrogens is 575 g/mol. The van der Waals surface area contributed by atoms with Gasteiger partial charge in [0.25, 0.3) is 10.0 Å². The molecule has 0 atom stereocenters. The maximum atomic E-state index is 16.0. The third-order valence-corrected chi connectivity index (χ3v) is 8.08. The van der Waals surface area contributed by atoms with Crippen LogP contribution in [0.4, 0.5) is 23.8 Å². The Morgan fingerprint density at radius 1 is 1.07 bits per heavy atom. The Kier molecular flexibility index (Phi) is 9.38. The first-order valence-corrected chi connectivity index (χ1v) is 13.9. The number of nitrogens with zero attached hydrogens (tertiary/aromatic N) is 3. The van der Waals surface area contributed by atoms with Crippen LogP contribution in [0.2, 0.25) is 5.02 Å². The summed E-state index contributed by atoms with van der Waals surface area (Å²) in [6.45, 7) is -0.369. The van der Waals surface area contributed by atoms with E-state index >= 15 is 8.78 Å². The fraction of sp³-hybridized carbons (Fsp3) is 0.308. The number of sulfonamides is 1. The molecule has 214 valence electrons. The Labute approximate surface area is 234 Å². The van der Waals surface area contributed by atoms with Crippen molar-refractivity contribution >= 4 is 33.5 Å². The summed E-state index contributed by atoms with van der Waals surface area (Å²) in [5.41, 5.74) is -0.711. The number of hydrogen-bond acceptors (Lipinski definition) is 7. The van der Waals surface area contributed by atoms with Crippen LogP contribution in [0, 0.1) is 17.5 Å². The van der Waals surface area contributed by atoms with Crippen molar-refractivity contribution in [1.82, 2.24) is 9.88 Å². The van der Waals surface area contributed by atoms with Gasteiger partial charge in [-0.2, -0.15) is 0 Å². The number of aromatic nitrogens is 1. The van der Waals surface area contributed by atoms with Gasteiger partial charge in [-0.1, -0.05) is 23.7 Å². The van der Waals surface area contributed by atoms with Crippen molar-refractivity contribution in [3.05, 3.63) is 71.1 Å². The molecule has 14 heteroatoms. The second kappa shape index (κ2) is 12.7. The van der Waals surface area contributed by atoms with Gasteiger partial charge in [-0.15, -0.1) is 0 Å². The van der Waals surface area contributed by atoms with Crippen LogP contribution in [-0.2, 0) is 19.5 Å². The molecule has 9 nitrogen and oxygen atoms in total. The number of rotatable bonds is 9. The minimum Gasteiger partial charge on any atom is -0.454 e. The van der Waals surface area contributed by atoms with Gasteiger partial charge in [0.15, 0.2) is 11.6 Å².